The van der Waals surface area contributed by atoms with Crippen LogP contribution in [0.5, 0.6) is 0 Å². The summed E-state index contributed by atoms with van der Waals surface area (Å²) < 4.78 is 6.00. The van der Waals surface area contributed by atoms with Crippen LogP contribution >= 0.6 is 11.6 Å². The zero-order valence-corrected chi connectivity index (χ0v) is 15.5. The third-order valence-corrected chi connectivity index (χ3v) is 4.95. The maximum atomic E-state index is 12.9. The number of carbonyl (C=O) groups is 1. The summed E-state index contributed by atoms with van der Waals surface area (Å²) in [7, 11) is 0. The summed E-state index contributed by atoms with van der Waals surface area (Å²) in [6, 6.07) is 7.48. The number of hydrogen-bond acceptors (Lipinski definition) is 5. The number of oxazole rings is 1. The summed E-state index contributed by atoms with van der Waals surface area (Å²) in [5.41, 5.74) is 1.44. The minimum absolute atomic E-state index is 0.134. The van der Waals surface area contributed by atoms with Crippen LogP contribution in [0, 0.1) is 0 Å². The van der Waals surface area contributed by atoms with E-state index in [9.17, 15) is 4.79 Å². The Labute approximate surface area is 162 Å². The number of halogens is 1. The van der Waals surface area contributed by atoms with Crippen molar-refractivity contribution in [2.45, 2.75) is 31.7 Å². The second-order valence-corrected chi connectivity index (χ2v) is 7.01. The Kier molecular flexibility index (Phi) is 5.16. The van der Waals surface area contributed by atoms with Crippen LogP contribution in [0.1, 0.15) is 53.0 Å². The molecule has 1 atom stereocenters. The van der Waals surface area contributed by atoms with Crippen molar-refractivity contribution in [2.75, 3.05) is 6.54 Å². The molecule has 0 bridgehead atoms. The molecule has 1 unspecified atom stereocenters. The molecule has 2 aromatic heterocycles. The first-order chi connectivity index (χ1) is 13.2. The van der Waals surface area contributed by atoms with Gasteiger partial charge in [0, 0.05) is 30.4 Å². The van der Waals surface area contributed by atoms with Gasteiger partial charge in [0.1, 0.15) is 17.5 Å². The Morgan fingerprint density at radius 1 is 1.15 bits per heavy atom. The highest BCUT2D eigenvalue weighted by Gasteiger charge is 2.32. The van der Waals surface area contributed by atoms with Crippen molar-refractivity contribution in [1.82, 2.24) is 19.9 Å². The molecule has 3 heterocycles. The first-order valence-corrected chi connectivity index (χ1v) is 9.34. The van der Waals surface area contributed by atoms with Gasteiger partial charge < -0.3 is 9.32 Å². The predicted molar refractivity (Wildman–Crippen MR) is 100 cm³/mol. The number of hydrogen-bond donors (Lipinski definition) is 0. The summed E-state index contributed by atoms with van der Waals surface area (Å²) in [4.78, 5) is 27.2. The Bertz CT molecular complexity index is 911. The van der Waals surface area contributed by atoms with Crippen LogP contribution in [-0.4, -0.2) is 32.3 Å². The van der Waals surface area contributed by atoms with Crippen molar-refractivity contribution in [3.63, 3.8) is 0 Å². The lowest BCUT2D eigenvalue weighted by Crippen LogP contribution is -2.39. The molecule has 4 rings (SSSR count). The van der Waals surface area contributed by atoms with Crippen LogP contribution in [0.4, 0.5) is 0 Å². The van der Waals surface area contributed by atoms with Gasteiger partial charge in [0.25, 0.3) is 5.91 Å². The van der Waals surface area contributed by atoms with Crippen molar-refractivity contribution in [3.8, 4) is 0 Å². The van der Waals surface area contributed by atoms with Gasteiger partial charge >= 0.3 is 0 Å². The van der Waals surface area contributed by atoms with Gasteiger partial charge in [-0.25, -0.2) is 9.97 Å². The number of carbonyl (C=O) groups excluding carboxylic acids is 1. The monoisotopic (exact) mass is 382 g/mol. The zero-order chi connectivity index (χ0) is 18.6. The molecular formula is C20H19ClN4O2. The van der Waals surface area contributed by atoms with Crippen molar-refractivity contribution in [2.24, 2.45) is 0 Å². The fraction of sp³-hybridized carbons (Fsp3) is 0.300. The van der Waals surface area contributed by atoms with Gasteiger partial charge in [0.15, 0.2) is 0 Å². The molecule has 1 aliphatic heterocycles. The third kappa shape index (κ3) is 4.01. The highest BCUT2D eigenvalue weighted by atomic mass is 35.5. The molecule has 1 aromatic carbocycles. The van der Waals surface area contributed by atoms with Crippen LogP contribution in [0.3, 0.4) is 0 Å². The Hall–Kier alpha value is -2.73. The quantitative estimate of drug-likeness (QED) is 0.679. The topological polar surface area (TPSA) is 72.1 Å². The molecule has 0 spiro atoms. The van der Waals surface area contributed by atoms with E-state index in [1.54, 1.807) is 17.3 Å². The molecule has 0 aliphatic carbocycles. The summed E-state index contributed by atoms with van der Waals surface area (Å²) in [5.74, 6) is 1.21. The molecular weight excluding hydrogens is 364 g/mol. The molecule has 1 aliphatic rings. The Morgan fingerprint density at radius 3 is 2.78 bits per heavy atom. The first-order valence-electron chi connectivity index (χ1n) is 8.97. The molecule has 27 heavy (non-hydrogen) atoms. The number of aromatic nitrogens is 3. The van der Waals surface area contributed by atoms with E-state index >= 15 is 0 Å². The lowest BCUT2D eigenvalue weighted by Gasteiger charge is -2.33. The molecule has 7 heteroatoms. The van der Waals surface area contributed by atoms with E-state index in [2.05, 4.69) is 15.0 Å². The van der Waals surface area contributed by atoms with Crippen LogP contribution in [0.2, 0.25) is 5.02 Å². The predicted octanol–water partition coefficient (Wildman–Crippen LogP) is 4.08. The second kappa shape index (κ2) is 7.88. The van der Waals surface area contributed by atoms with Gasteiger partial charge in [-0.15, -0.1) is 0 Å². The Balaban J connectivity index is 1.53. The molecule has 1 fully saturated rings. The molecule has 6 nitrogen and oxygen atoms in total. The fourth-order valence-electron chi connectivity index (χ4n) is 3.35. The van der Waals surface area contributed by atoms with Gasteiger partial charge in [-0.3, -0.25) is 9.78 Å². The maximum absolute atomic E-state index is 12.9. The van der Waals surface area contributed by atoms with E-state index < -0.39 is 0 Å². The van der Waals surface area contributed by atoms with Gasteiger partial charge in [0.2, 0.25) is 5.89 Å². The molecule has 0 radical (unpaired) electrons. The van der Waals surface area contributed by atoms with E-state index in [-0.39, 0.29) is 11.9 Å². The van der Waals surface area contributed by atoms with Gasteiger partial charge in [0.05, 0.1) is 12.4 Å². The number of benzene rings is 1. The van der Waals surface area contributed by atoms with E-state index in [1.807, 2.05) is 24.3 Å². The normalized spacial score (nSPS) is 17.1. The van der Waals surface area contributed by atoms with E-state index in [0.29, 0.717) is 29.6 Å². The number of amides is 1. The van der Waals surface area contributed by atoms with E-state index in [0.717, 1.165) is 30.6 Å². The van der Waals surface area contributed by atoms with Crippen LogP contribution in [-0.2, 0) is 6.42 Å². The molecule has 1 saturated heterocycles. The van der Waals surface area contributed by atoms with Gasteiger partial charge in [-0.1, -0.05) is 23.7 Å². The fourth-order valence-corrected chi connectivity index (χ4v) is 3.48. The van der Waals surface area contributed by atoms with Crippen LogP contribution in [0.15, 0.2) is 53.5 Å². The molecule has 3 aromatic rings. The van der Waals surface area contributed by atoms with E-state index in [4.69, 9.17) is 16.0 Å². The average molecular weight is 383 g/mol. The number of likely N-dealkylation sites (tertiary alicyclic amines) is 1. The van der Waals surface area contributed by atoms with Crippen LogP contribution < -0.4 is 0 Å². The summed E-state index contributed by atoms with van der Waals surface area (Å²) in [6.07, 6.45) is 9.77. The highest BCUT2D eigenvalue weighted by Crippen LogP contribution is 2.32. The minimum atomic E-state index is -0.174. The average Bonchev–Trinajstić information content (AvgIpc) is 3.18. The number of rotatable bonds is 4. The summed E-state index contributed by atoms with van der Waals surface area (Å²) in [6.45, 7) is 0.662. The molecule has 0 N–H and O–H groups in total. The van der Waals surface area contributed by atoms with Crippen molar-refractivity contribution < 1.29 is 9.21 Å². The lowest BCUT2D eigenvalue weighted by atomic mass is 10.0. The van der Waals surface area contributed by atoms with Crippen molar-refractivity contribution in [3.05, 3.63) is 77.0 Å². The smallest absolute Gasteiger partial charge is 0.274 e. The number of nitrogens with zero attached hydrogens (tertiary/aromatic N) is 4. The maximum Gasteiger partial charge on any atom is 0.274 e. The third-order valence-electron chi connectivity index (χ3n) is 4.69. The van der Waals surface area contributed by atoms with Gasteiger partial charge in [-0.2, -0.15) is 0 Å². The largest absolute Gasteiger partial charge is 0.443 e. The summed E-state index contributed by atoms with van der Waals surface area (Å²) in [5, 5.41) is 0.706. The molecule has 0 saturated carbocycles. The van der Waals surface area contributed by atoms with E-state index in [1.165, 1.54) is 12.4 Å². The molecule has 1 amide bonds. The highest BCUT2D eigenvalue weighted by molar-refractivity contribution is 6.30. The second-order valence-electron chi connectivity index (χ2n) is 6.57. The molecule has 138 valence electrons. The number of piperidine rings is 1. The van der Waals surface area contributed by atoms with Crippen molar-refractivity contribution in [1.29, 1.82) is 0 Å². The standard InChI is InChI=1S/C20H19ClN4O2/c21-15-6-4-14(5-7-15)11-16-12-24-19(27-16)18-3-1-2-10-25(18)20(26)17-13-22-8-9-23-17/h4-9,12-13,18H,1-3,10-11H2. The zero-order valence-electron chi connectivity index (χ0n) is 14.7. The minimum Gasteiger partial charge on any atom is -0.443 e. The van der Waals surface area contributed by atoms with Crippen molar-refractivity contribution >= 4 is 17.5 Å². The SMILES string of the molecule is O=C(c1cnccn1)N1CCCCC1c1ncc(Cc2ccc(Cl)cc2)o1. The lowest BCUT2D eigenvalue weighted by molar-refractivity contribution is 0.0563. The summed E-state index contributed by atoms with van der Waals surface area (Å²) >= 11 is 5.93. The Morgan fingerprint density at radius 2 is 2.00 bits per heavy atom. The first kappa shape index (κ1) is 17.7. The van der Waals surface area contributed by atoms with Crippen LogP contribution in [0.25, 0.3) is 0 Å². The van der Waals surface area contributed by atoms with Gasteiger partial charge in [-0.05, 0) is 37.0 Å².